The van der Waals surface area contributed by atoms with Crippen molar-refractivity contribution < 1.29 is 19.1 Å². The van der Waals surface area contributed by atoms with Gasteiger partial charge in [0, 0.05) is 5.92 Å². The summed E-state index contributed by atoms with van der Waals surface area (Å²) >= 11 is 0. The van der Waals surface area contributed by atoms with Crippen LogP contribution in [0, 0.1) is 0 Å². The van der Waals surface area contributed by atoms with E-state index in [2.05, 4.69) is 6.92 Å². The van der Waals surface area contributed by atoms with Gasteiger partial charge in [-0.25, -0.2) is 9.59 Å². The maximum absolute atomic E-state index is 12.2. The Hall–Kier alpha value is -3.92. The Labute approximate surface area is 187 Å². The highest BCUT2D eigenvalue weighted by Gasteiger charge is 2.13. The molecule has 3 aromatic rings. The summed E-state index contributed by atoms with van der Waals surface area (Å²) in [6.45, 7) is 2.10. The normalized spacial score (nSPS) is 13.7. The standard InChI is InChI=1S/C28H24O4/c1-20(21-12-16-25(17-13-21)31-27(29)23-8-4-2-5-9-23)22-14-18-26(19-15-22)32-28(30)24-10-6-3-7-11-24/h2,4-6,8-20H,3,7H2,1H3. The predicted octanol–water partition coefficient (Wildman–Crippen LogP) is 6.24. The Bertz CT molecular complexity index is 1140. The molecule has 4 rings (SSSR count). The third-order valence-corrected chi connectivity index (χ3v) is 5.42. The van der Waals surface area contributed by atoms with Crippen LogP contribution in [0.4, 0.5) is 0 Å². The lowest BCUT2D eigenvalue weighted by Crippen LogP contribution is -2.11. The molecule has 0 aromatic heterocycles. The molecule has 0 aliphatic heterocycles. The van der Waals surface area contributed by atoms with Gasteiger partial charge in [-0.1, -0.05) is 67.6 Å². The van der Waals surface area contributed by atoms with Crippen molar-refractivity contribution in [1.82, 2.24) is 0 Å². The minimum absolute atomic E-state index is 0.127. The van der Waals surface area contributed by atoms with Crippen molar-refractivity contribution in [1.29, 1.82) is 0 Å². The fourth-order valence-corrected chi connectivity index (χ4v) is 3.51. The summed E-state index contributed by atoms with van der Waals surface area (Å²) in [5, 5.41) is 0. The zero-order valence-electron chi connectivity index (χ0n) is 17.9. The maximum atomic E-state index is 12.2. The number of benzene rings is 3. The second-order valence-corrected chi connectivity index (χ2v) is 7.64. The number of ether oxygens (including phenoxy) is 2. The number of rotatable bonds is 6. The Morgan fingerprint density at radius 3 is 1.81 bits per heavy atom. The van der Waals surface area contributed by atoms with E-state index in [1.807, 2.05) is 60.7 Å². The molecule has 0 spiro atoms. The molecular formula is C28H24O4. The molecule has 0 fully saturated rings. The summed E-state index contributed by atoms with van der Waals surface area (Å²) in [6, 6.07) is 24.0. The molecule has 1 aliphatic rings. The lowest BCUT2D eigenvalue weighted by Gasteiger charge is -2.14. The lowest BCUT2D eigenvalue weighted by atomic mass is 9.93. The first-order valence-corrected chi connectivity index (χ1v) is 10.7. The van der Waals surface area contributed by atoms with Crippen LogP contribution in [0.1, 0.15) is 47.2 Å². The number of carbonyl (C=O) groups excluding carboxylic acids is 2. The first kappa shape index (κ1) is 21.3. The number of carbonyl (C=O) groups is 2. The van der Waals surface area contributed by atoms with Gasteiger partial charge in [-0.3, -0.25) is 0 Å². The molecule has 0 saturated heterocycles. The molecule has 32 heavy (non-hydrogen) atoms. The Morgan fingerprint density at radius 1 is 0.719 bits per heavy atom. The molecule has 4 heteroatoms. The van der Waals surface area contributed by atoms with E-state index in [4.69, 9.17) is 9.47 Å². The van der Waals surface area contributed by atoms with Gasteiger partial charge >= 0.3 is 11.9 Å². The molecule has 0 amide bonds. The molecule has 0 N–H and O–H groups in total. The van der Waals surface area contributed by atoms with Crippen LogP contribution >= 0.6 is 0 Å². The molecule has 1 unspecified atom stereocenters. The van der Waals surface area contributed by atoms with E-state index >= 15 is 0 Å². The molecule has 1 atom stereocenters. The fourth-order valence-electron chi connectivity index (χ4n) is 3.51. The van der Waals surface area contributed by atoms with Crippen molar-refractivity contribution >= 4 is 11.9 Å². The van der Waals surface area contributed by atoms with Gasteiger partial charge in [0.05, 0.1) is 11.1 Å². The van der Waals surface area contributed by atoms with Crippen LogP contribution in [-0.4, -0.2) is 11.9 Å². The van der Waals surface area contributed by atoms with Gasteiger partial charge < -0.3 is 9.47 Å². The van der Waals surface area contributed by atoms with E-state index in [1.165, 1.54) is 0 Å². The summed E-state index contributed by atoms with van der Waals surface area (Å²) in [6.07, 6.45) is 7.51. The first-order chi connectivity index (χ1) is 15.6. The second-order valence-electron chi connectivity index (χ2n) is 7.64. The van der Waals surface area contributed by atoms with Crippen LogP contribution in [0.2, 0.25) is 0 Å². The number of allylic oxidation sites excluding steroid dienone is 2. The monoisotopic (exact) mass is 424 g/mol. The number of hydrogen-bond donors (Lipinski definition) is 0. The average Bonchev–Trinajstić information content (AvgIpc) is 2.85. The van der Waals surface area contributed by atoms with Crippen LogP contribution in [0.3, 0.4) is 0 Å². The van der Waals surface area contributed by atoms with E-state index in [1.54, 1.807) is 36.4 Å². The van der Waals surface area contributed by atoms with E-state index in [0.29, 0.717) is 22.6 Å². The molecule has 1 aliphatic carbocycles. The summed E-state index contributed by atoms with van der Waals surface area (Å²) in [7, 11) is 0. The summed E-state index contributed by atoms with van der Waals surface area (Å²) in [4.78, 5) is 24.4. The quantitative estimate of drug-likeness (QED) is 0.347. The first-order valence-electron chi connectivity index (χ1n) is 10.7. The smallest absolute Gasteiger partial charge is 0.343 e. The maximum Gasteiger partial charge on any atom is 0.343 e. The fraction of sp³-hybridized carbons (Fsp3) is 0.143. The Morgan fingerprint density at radius 2 is 1.28 bits per heavy atom. The largest absolute Gasteiger partial charge is 0.423 e. The van der Waals surface area contributed by atoms with Crippen LogP contribution in [0.25, 0.3) is 0 Å². The molecule has 0 radical (unpaired) electrons. The van der Waals surface area contributed by atoms with Gasteiger partial charge in [-0.05, 0) is 60.4 Å². The van der Waals surface area contributed by atoms with Crippen LogP contribution in [0.15, 0.2) is 103 Å². The van der Waals surface area contributed by atoms with Crippen molar-refractivity contribution in [3.8, 4) is 11.5 Å². The van der Waals surface area contributed by atoms with Crippen molar-refractivity contribution in [3.05, 3.63) is 119 Å². The zero-order valence-corrected chi connectivity index (χ0v) is 17.9. The molecule has 3 aromatic carbocycles. The van der Waals surface area contributed by atoms with Crippen LogP contribution < -0.4 is 9.47 Å². The summed E-state index contributed by atoms with van der Waals surface area (Å²) in [5.74, 6) is 0.443. The third kappa shape index (κ3) is 5.22. The van der Waals surface area contributed by atoms with E-state index in [0.717, 1.165) is 24.0 Å². The predicted molar refractivity (Wildman–Crippen MR) is 124 cm³/mol. The third-order valence-electron chi connectivity index (χ3n) is 5.42. The molecule has 0 bridgehead atoms. The molecule has 160 valence electrons. The molecule has 0 heterocycles. The summed E-state index contributed by atoms with van der Waals surface area (Å²) < 4.78 is 10.9. The van der Waals surface area contributed by atoms with Gasteiger partial charge in [0.1, 0.15) is 11.5 Å². The van der Waals surface area contributed by atoms with E-state index in [-0.39, 0.29) is 17.9 Å². The average molecular weight is 424 g/mol. The molecule has 0 saturated carbocycles. The second kappa shape index (κ2) is 9.92. The number of esters is 2. The Kier molecular flexibility index (Phi) is 6.61. The van der Waals surface area contributed by atoms with Crippen LogP contribution in [0.5, 0.6) is 11.5 Å². The van der Waals surface area contributed by atoms with Crippen LogP contribution in [-0.2, 0) is 4.79 Å². The van der Waals surface area contributed by atoms with Crippen molar-refractivity contribution in [2.24, 2.45) is 0 Å². The van der Waals surface area contributed by atoms with Gasteiger partial charge in [-0.2, -0.15) is 0 Å². The van der Waals surface area contributed by atoms with Crippen molar-refractivity contribution in [2.45, 2.75) is 25.7 Å². The topological polar surface area (TPSA) is 52.6 Å². The van der Waals surface area contributed by atoms with E-state index < -0.39 is 0 Å². The minimum Gasteiger partial charge on any atom is -0.423 e. The number of hydrogen-bond acceptors (Lipinski definition) is 4. The van der Waals surface area contributed by atoms with Gasteiger partial charge in [0.2, 0.25) is 0 Å². The highest BCUT2D eigenvalue weighted by atomic mass is 16.5. The van der Waals surface area contributed by atoms with Gasteiger partial charge in [0.25, 0.3) is 0 Å². The molecule has 4 nitrogen and oxygen atoms in total. The summed E-state index contributed by atoms with van der Waals surface area (Å²) in [5.41, 5.74) is 3.30. The highest BCUT2D eigenvalue weighted by Crippen LogP contribution is 2.28. The minimum atomic E-state index is -0.379. The van der Waals surface area contributed by atoms with E-state index in [9.17, 15) is 9.59 Å². The Balaban J connectivity index is 1.38. The van der Waals surface area contributed by atoms with Crippen molar-refractivity contribution in [3.63, 3.8) is 0 Å². The zero-order chi connectivity index (χ0) is 22.3. The van der Waals surface area contributed by atoms with Gasteiger partial charge in [0.15, 0.2) is 0 Å². The SMILES string of the molecule is CC(c1ccc(OC(=O)C2=CCCC=C2)cc1)c1ccc(OC(=O)c2ccccc2)cc1. The molecular weight excluding hydrogens is 400 g/mol. The highest BCUT2D eigenvalue weighted by molar-refractivity contribution is 5.93. The van der Waals surface area contributed by atoms with Crippen molar-refractivity contribution in [2.75, 3.05) is 0 Å². The van der Waals surface area contributed by atoms with Gasteiger partial charge in [-0.15, -0.1) is 0 Å². The lowest BCUT2D eigenvalue weighted by molar-refractivity contribution is -0.129.